The highest BCUT2D eigenvalue weighted by molar-refractivity contribution is 5.94. The SMILES string of the molecule is Cc1c(C#N)ccc(OC2C(C)(C)C(NC(=O)c3cnc(C(C)C)nc3)C2(C)C)c1C.[HH]. The fourth-order valence-corrected chi connectivity index (χ4v) is 4.94. The molecule has 1 aliphatic rings. The van der Waals surface area contributed by atoms with Gasteiger partial charge in [-0.05, 0) is 37.1 Å². The first-order chi connectivity index (χ1) is 14.4. The number of nitrogens with zero attached hydrogens (tertiary/aromatic N) is 3. The van der Waals surface area contributed by atoms with E-state index in [1.807, 2.05) is 33.8 Å². The number of nitriles is 1. The van der Waals surface area contributed by atoms with Crippen molar-refractivity contribution >= 4 is 5.91 Å². The van der Waals surface area contributed by atoms with E-state index in [-0.39, 0.29) is 36.2 Å². The molecular formula is C25H34N4O2. The lowest BCUT2D eigenvalue weighted by Crippen LogP contribution is -2.74. The number of carbonyl (C=O) groups is 1. The Bertz CT molecular complexity index is 1020. The summed E-state index contributed by atoms with van der Waals surface area (Å²) in [4.78, 5) is 21.5. The van der Waals surface area contributed by atoms with Gasteiger partial charge in [0.2, 0.25) is 0 Å². The lowest BCUT2D eigenvalue weighted by molar-refractivity contribution is -0.164. The van der Waals surface area contributed by atoms with Crippen LogP contribution < -0.4 is 10.1 Å². The van der Waals surface area contributed by atoms with Crippen LogP contribution in [-0.2, 0) is 0 Å². The summed E-state index contributed by atoms with van der Waals surface area (Å²) in [7, 11) is 0. The molecule has 2 aromatic rings. The van der Waals surface area contributed by atoms with E-state index in [9.17, 15) is 10.1 Å². The fraction of sp³-hybridized carbons (Fsp3) is 0.520. The molecule has 1 amide bonds. The summed E-state index contributed by atoms with van der Waals surface area (Å²) in [6, 6.07) is 5.81. The van der Waals surface area contributed by atoms with Gasteiger partial charge in [-0.25, -0.2) is 9.97 Å². The molecule has 0 saturated heterocycles. The molecule has 1 fully saturated rings. The number of rotatable bonds is 5. The maximum absolute atomic E-state index is 12.9. The minimum atomic E-state index is -0.286. The number of aromatic nitrogens is 2. The highest BCUT2D eigenvalue weighted by Gasteiger charge is 2.64. The van der Waals surface area contributed by atoms with E-state index in [1.165, 1.54) is 0 Å². The van der Waals surface area contributed by atoms with Crippen molar-refractivity contribution in [1.82, 2.24) is 15.3 Å². The van der Waals surface area contributed by atoms with E-state index >= 15 is 0 Å². The van der Waals surface area contributed by atoms with Gasteiger partial charge < -0.3 is 10.1 Å². The van der Waals surface area contributed by atoms with E-state index in [4.69, 9.17) is 4.74 Å². The third-order valence-corrected chi connectivity index (χ3v) is 6.67. The molecule has 3 rings (SSSR count). The quantitative estimate of drug-likeness (QED) is 0.737. The molecule has 166 valence electrons. The van der Waals surface area contributed by atoms with Gasteiger partial charge in [-0.15, -0.1) is 0 Å². The van der Waals surface area contributed by atoms with Gasteiger partial charge in [0.25, 0.3) is 5.91 Å². The molecule has 6 heteroatoms. The van der Waals surface area contributed by atoms with Crippen molar-refractivity contribution in [1.29, 1.82) is 5.26 Å². The van der Waals surface area contributed by atoms with Gasteiger partial charge in [-0.1, -0.05) is 41.5 Å². The van der Waals surface area contributed by atoms with Crippen LogP contribution in [0.4, 0.5) is 0 Å². The molecule has 6 nitrogen and oxygen atoms in total. The molecule has 1 N–H and O–H groups in total. The van der Waals surface area contributed by atoms with Gasteiger partial charge in [0, 0.05) is 36.6 Å². The molecule has 0 bridgehead atoms. The number of nitrogens with one attached hydrogen (secondary N) is 1. The van der Waals surface area contributed by atoms with Crippen molar-refractivity contribution in [2.45, 2.75) is 73.5 Å². The minimum Gasteiger partial charge on any atom is -0.489 e. The second-order valence-corrected chi connectivity index (χ2v) is 10.0. The van der Waals surface area contributed by atoms with Crippen LogP contribution in [0, 0.1) is 36.0 Å². The van der Waals surface area contributed by atoms with Gasteiger partial charge in [0.15, 0.2) is 0 Å². The molecule has 1 aromatic carbocycles. The predicted octanol–water partition coefficient (Wildman–Crippen LogP) is 4.95. The zero-order chi connectivity index (χ0) is 23.1. The highest BCUT2D eigenvalue weighted by Crippen LogP contribution is 2.55. The van der Waals surface area contributed by atoms with Crippen molar-refractivity contribution in [2.24, 2.45) is 10.8 Å². The second-order valence-electron chi connectivity index (χ2n) is 10.0. The Morgan fingerprint density at radius 2 is 1.71 bits per heavy atom. The third kappa shape index (κ3) is 3.89. The lowest BCUT2D eigenvalue weighted by atomic mass is 9.49. The zero-order valence-corrected chi connectivity index (χ0v) is 19.7. The topological polar surface area (TPSA) is 87.9 Å². The fourth-order valence-electron chi connectivity index (χ4n) is 4.94. The van der Waals surface area contributed by atoms with E-state index in [0.29, 0.717) is 11.1 Å². The molecule has 1 heterocycles. The van der Waals surface area contributed by atoms with E-state index in [2.05, 4.69) is 49.0 Å². The maximum Gasteiger partial charge on any atom is 0.254 e. The van der Waals surface area contributed by atoms with Crippen molar-refractivity contribution in [3.05, 3.63) is 52.6 Å². The Morgan fingerprint density at radius 1 is 1.13 bits per heavy atom. The first-order valence-electron chi connectivity index (χ1n) is 10.7. The zero-order valence-electron chi connectivity index (χ0n) is 19.7. The van der Waals surface area contributed by atoms with E-state index in [1.54, 1.807) is 18.5 Å². The summed E-state index contributed by atoms with van der Waals surface area (Å²) in [5.41, 5.74) is 2.45. The smallest absolute Gasteiger partial charge is 0.254 e. The first-order valence-corrected chi connectivity index (χ1v) is 10.7. The number of hydrogen-bond acceptors (Lipinski definition) is 5. The van der Waals surface area contributed by atoms with Crippen LogP contribution in [0.2, 0.25) is 0 Å². The Morgan fingerprint density at radius 3 is 2.23 bits per heavy atom. The lowest BCUT2D eigenvalue weighted by Gasteiger charge is -2.63. The summed E-state index contributed by atoms with van der Waals surface area (Å²) in [5.74, 6) is 1.55. The number of carbonyl (C=O) groups excluding carboxylic acids is 1. The third-order valence-electron chi connectivity index (χ3n) is 6.67. The minimum absolute atomic E-state index is 0. The number of ether oxygens (including phenoxy) is 1. The maximum atomic E-state index is 12.9. The molecule has 0 unspecified atom stereocenters. The van der Waals surface area contributed by atoms with Crippen molar-refractivity contribution in [3.8, 4) is 11.8 Å². The normalized spacial score (nSPS) is 21.2. The van der Waals surface area contributed by atoms with Gasteiger partial charge in [0.05, 0.1) is 17.2 Å². The molecule has 0 radical (unpaired) electrons. The van der Waals surface area contributed by atoms with Crippen LogP contribution in [0.1, 0.15) is 81.8 Å². The average molecular weight is 423 g/mol. The Hall–Kier alpha value is -2.94. The Balaban J connectivity index is 0.00000363. The molecule has 1 aliphatic carbocycles. The summed E-state index contributed by atoms with van der Waals surface area (Å²) >= 11 is 0. The molecule has 0 aliphatic heterocycles. The second kappa shape index (κ2) is 7.96. The number of benzene rings is 1. The Labute approximate surface area is 186 Å². The standard InChI is InChI=1S/C25H32N4O2.H2/c1-14(2)20-27-12-18(13-28-20)21(30)29-22-24(5,6)23(25(22,7)8)31-19-10-9-17(11-26)15(3)16(19)4;/h9-10,12-14,22-23H,1-8H3,(H,29,30);1H. The van der Waals surface area contributed by atoms with Crippen LogP contribution >= 0.6 is 0 Å². The Kier molecular flexibility index (Phi) is 5.84. The molecule has 31 heavy (non-hydrogen) atoms. The van der Waals surface area contributed by atoms with Gasteiger partial charge in [-0.3, -0.25) is 4.79 Å². The average Bonchev–Trinajstić information content (AvgIpc) is 2.72. The van der Waals surface area contributed by atoms with Gasteiger partial charge in [0.1, 0.15) is 17.7 Å². The van der Waals surface area contributed by atoms with Gasteiger partial charge >= 0.3 is 0 Å². The summed E-state index contributed by atoms with van der Waals surface area (Å²) in [6.45, 7) is 16.4. The molecule has 1 aromatic heterocycles. The van der Waals surface area contributed by atoms with Crippen LogP contribution in [-0.4, -0.2) is 28.0 Å². The molecule has 0 atom stereocenters. The number of amides is 1. The summed E-state index contributed by atoms with van der Waals surface area (Å²) in [6.07, 6.45) is 3.08. The summed E-state index contributed by atoms with van der Waals surface area (Å²) < 4.78 is 6.47. The van der Waals surface area contributed by atoms with Crippen LogP contribution in [0.25, 0.3) is 0 Å². The molecular weight excluding hydrogens is 388 g/mol. The van der Waals surface area contributed by atoms with E-state index < -0.39 is 0 Å². The van der Waals surface area contributed by atoms with E-state index in [0.717, 1.165) is 22.7 Å². The molecule has 1 saturated carbocycles. The highest BCUT2D eigenvalue weighted by atomic mass is 16.5. The van der Waals surface area contributed by atoms with Gasteiger partial charge in [-0.2, -0.15) is 5.26 Å². The van der Waals surface area contributed by atoms with Crippen molar-refractivity contribution in [3.63, 3.8) is 0 Å². The van der Waals surface area contributed by atoms with Crippen LogP contribution in [0.5, 0.6) is 5.75 Å². The molecule has 0 spiro atoms. The van der Waals surface area contributed by atoms with Crippen LogP contribution in [0.15, 0.2) is 24.5 Å². The first kappa shape index (κ1) is 22.7. The predicted molar refractivity (Wildman–Crippen MR) is 122 cm³/mol. The number of hydrogen-bond donors (Lipinski definition) is 1. The van der Waals surface area contributed by atoms with Crippen LogP contribution in [0.3, 0.4) is 0 Å². The largest absolute Gasteiger partial charge is 0.489 e. The van der Waals surface area contributed by atoms with Crippen molar-refractivity contribution in [2.75, 3.05) is 0 Å². The van der Waals surface area contributed by atoms with Crippen molar-refractivity contribution < 1.29 is 11.0 Å². The monoisotopic (exact) mass is 422 g/mol. The summed E-state index contributed by atoms with van der Waals surface area (Å²) in [5, 5.41) is 12.4.